The number of carbonyl (C=O) groups is 1. The number of para-hydroxylation sites is 2. The summed E-state index contributed by atoms with van der Waals surface area (Å²) in [5, 5.41) is 11.9. The number of benzene rings is 2. The second-order valence-electron chi connectivity index (χ2n) is 6.13. The number of halogens is 2. The molecular weight excluding hydrogens is 439 g/mol. The minimum absolute atomic E-state index is 0.148. The number of hydrogen-bond donors (Lipinski definition) is 1. The molecule has 32 heavy (non-hydrogen) atoms. The first-order valence-corrected chi connectivity index (χ1v) is 9.43. The smallest absolute Gasteiger partial charge is 0.266 e. The standard InChI is InChI=1S/C22H16ClFN4O4/c1-30-17-6-4-3-5-16(17)27-20(29)14(11-25)9-13-7-8-18(19(10-13)31-2)32-21-15(24)12-26-22(23)28-21/h3-10,12H,1-2H3,(H,27,29). The Morgan fingerprint density at radius 3 is 2.62 bits per heavy atom. The number of aromatic nitrogens is 2. The Labute approximate surface area is 187 Å². The molecule has 1 aromatic heterocycles. The predicted octanol–water partition coefficient (Wildman–Crippen LogP) is 4.62. The van der Waals surface area contributed by atoms with E-state index in [1.807, 2.05) is 6.07 Å². The summed E-state index contributed by atoms with van der Waals surface area (Å²) in [5.41, 5.74) is 0.746. The van der Waals surface area contributed by atoms with Crippen molar-refractivity contribution in [3.05, 3.63) is 70.9 Å². The second kappa shape index (κ2) is 10.2. The van der Waals surface area contributed by atoms with E-state index in [-0.39, 0.29) is 28.2 Å². The molecule has 1 amide bonds. The van der Waals surface area contributed by atoms with Gasteiger partial charge in [-0.15, -0.1) is 0 Å². The summed E-state index contributed by atoms with van der Waals surface area (Å²) in [6.45, 7) is 0. The molecule has 0 aliphatic carbocycles. The summed E-state index contributed by atoms with van der Waals surface area (Å²) in [7, 11) is 2.86. The molecular formula is C22H16ClFN4O4. The molecule has 162 valence electrons. The third-order valence-electron chi connectivity index (χ3n) is 4.11. The number of rotatable bonds is 7. The minimum atomic E-state index is -0.805. The largest absolute Gasteiger partial charge is 0.495 e. The lowest BCUT2D eigenvalue weighted by Gasteiger charge is -2.11. The highest BCUT2D eigenvalue weighted by Gasteiger charge is 2.15. The zero-order valence-corrected chi connectivity index (χ0v) is 17.7. The van der Waals surface area contributed by atoms with Gasteiger partial charge in [0.15, 0.2) is 11.5 Å². The van der Waals surface area contributed by atoms with Crippen molar-refractivity contribution in [3.8, 4) is 29.2 Å². The van der Waals surface area contributed by atoms with E-state index in [0.29, 0.717) is 17.0 Å². The molecule has 1 N–H and O–H groups in total. The highest BCUT2D eigenvalue weighted by atomic mass is 35.5. The number of nitrogens with zero attached hydrogens (tertiary/aromatic N) is 3. The maximum absolute atomic E-state index is 13.9. The summed E-state index contributed by atoms with van der Waals surface area (Å²) in [6, 6.07) is 13.2. The molecule has 3 rings (SSSR count). The van der Waals surface area contributed by atoms with E-state index in [0.717, 1.165) is 6.20 Å². The lowest BCUT2D eigenvalue weighted by molar-refractivity contribution is -0.112. The highest BCUT2D eigenvalue weighted by molar-refractivity contribution is 6.28. The minimum Gasteiger partial charge on any atom is -0.495 e. The molecule has 0 saturated heterocycles. The van der Waals surface area contributed by atoms with Crippen molar-refractivity contribution in [1.29, 1.82) is 5.26 Å². The molecule has 0 saturated carbocycles. The van der Waals surface area contributed by atoms with Crippen LogP contribution in [0.1, 0.15) is 5.56 Å². The molecule has 0 atom stereocenters. The molecule has 3 aromatic rings. The van der Waals surface area contributed by atoms with Crippen LogP contribution in [-0.4, -0.2) is 30.1 Å². The number of ether oxygens (including phenoxy) is 3. The Bertz CT molecular complexity index is 1230. The van der Waals surface area contributed by atoms with Crippen LogP contribution >= 0.6 is 11.6 Å². The zero-order valence-electron chi connectivity index (χ0n) is 16.9. The van der Waals surface area contributed by atoms with Gasteiger partial charge in [-0.3, -0.25) is 4.79 Å². The maximum Gasteiger partial charge on any atom is 0.266 e. The summed E-state index contributed by atoms with van der Waals surface area (Å²) in [5.74, 6) is -0.973. The molecule has 0 radical (unpaired) electrons. The molecule has 0 fully saturated rings. The van der Waals surface area contributed by atoms with Crippen molar-refractivity contribution in [1.82, 2.24) is 9.97 Å². The summed E-state index contributed by atoms with van der Waals surface area (Å²) >= 11 is 5.68. The van der Waals surface area contributed by atoms with E-state index in [1.54, 1.807) is 30.3 Å². The number of hydrogen-bond acceptors (Lipinski definition) is 7. The first kappa shape index (κ1) is 22.5. The van der Waals surface area contributed by atoms with Gasteiger partial charge in [-0.25, -0.2) is 4.98 Å². The molecule has 0 aliphatic rings. The molecule has 0 unspecified atom stereocenters. The predicted molar refractivity (Wildman–Crippen MR) is 115 cm³/mol. The number of nitrogens with one attached hydrogen (secondary N) is 1. The van der Waals surface area contributed by atoms with Crippen LogP contribution in [0, 0.1) is 17.1 Å². The molecule has 1 heterocycles. The third-order valence-corrected chi connectivity index (χ3v) is 4.29. The lowest BCUT2D eigenvalue weighted by Crippen LogP contribution is -2.14. The number of anilines is 1. The van der Waals surface area contributed by atoms with Crippen LogP contribution in [-0.2, 0) is 4.79 Å². The van der Waals surface area contributed by atoms with Gasteiger partial charge in [-0.2, -0.15) is 14.6 Å². The zero-order chi connectivity index (χ0) is 23.1. The fourth-order valence-electron chi connectivity index (χ4n) is 2.62. The molecule has 2 aromatic carbocycles. The van der Waals surface area contributed by atoms with Crippen LogP contribution in [0.2, 0.25) is 5.28 Å². The normalized spacial score (nSPS) is 10.8. The average molecular weight is 455 g/mol. The van der Waals surface area contributed by atoms with Gasteiger partial charge in [0.2, 0.25) is 11.1 Å². The number of carbonyl (C=O) groups excluding carboxylic acids is 1. The Morgan fingerprint density at radius 2 is 1.91 bits per heavy atom. The van der Waals surface area contributed by atoms with E-state index < -0.39 is 11.7 Å². The van der Waals surface area contributed by atoms with Crippen LogP contribution in [0.15, 0.2) is 54.2 Å². The molecule has 10 heteroatoms. The van der Waals surface area contributed by atoms with Gasteiger partial charge in [-0.05, 0) is 47.5 Å². The van der Waals surface area contributed by atoms with E-state index in [1.165, 1.54) is 32.4 Å². The van der Waals surface area contributed by atoms with Crippen molar-refractivity contribution in [2.24, 2.45) is 0 Å². The summed E-state index contributed by atoms with van der Waals surface area (Å²) in [4.78, 5) is 19.8. The number of methoxy groups -OCH3 is 2. The van der Waals surface area contributed by atoms with E-state index >= 15 is 0 Å². The van der Waals surface area contributed by atoms with Gasteiger partial charge in [-0.1, -0.05) is 18.2 Å². The summed E-state index contributed by atoms with van der Waals surface area (Å²) in [6.07, 6.45) is 2.26. The van der Waals surface area contributed by atoms with E-state index in [2.05, 4.69) is 15.3 Å². The van der Waals surface area contributed by atoms with Gasteiger partial charge in [0.1, 0.15) is 17.4 Å². The van der Waals surface area contributed by atoms with Crippen LogP contribution < -0.4 is 19.5 Å². The molecule has 0 bridgehead atoms. The Hall–Kier alpha value is -4.16. The van der Waals surface area contributed by atoms with Gasteiger partial charge in [0.25, 0.3) is 11.8 Å². The van der Waals surface area contributed by atoms with E-state index in [9.17, 15) is 14.4 Å². The SMILES string of the molecule is COc1ccccc1NC(=O)C(C#N)=Cc1ccc(Oc2nc(Cl)ncc2F)c(OC)c1. The van der Waals surface area contributed by atoms with Gasteiger partial charge < -0.3 is 19.5 Å². The Morgan fingerprint density at radius 1 is 1.16 bits per heavy atom. The quantitative estimate of drug-likeness (QED) is 0.315. The second-order valence-corrected chi connectivity index (χ2v) is 6.47. The fourth-order valence-corrected chi connectivity index (χ4v) is 2.74. The number of amides is 1. The van der Waals surface area contributed by atoms with Gasteiger partial charge in [0, 0.05) is 0 Å². The average Bonchev–Trinajstić information content (AvgIpc) is 2.80. The van der Waals surface area contributed by atoms with Crippen LogP contribution in [0.4, 0.5) is 10.1 Å². The lowest BCUT2D eigenvalue weighted by atomic mass is 10.1. The van der Waals surface area contributed by atoms with Crippen molar-refractivity contribution >= 4 is 29.3 Å². The Kier molecular flexibility index (Phi) is 7.21. The van der Waals surface area contributed by atoms with Crippen LogP contribution in [0.5, 0.6) is 23.1 Å². The van der Waals surface area contributed by atoms with Crippen LogP contribution in [0.25, 0.3) is 6.08 Å². The first-order chi connectivity index (χ1) is 15.4. The topological polar surface area (TPSA) is 106 Å². The molecule has 0 aliphatic heterocycles. The highest BCUT2D eigenvalue weighted by Crippen LogP contribution is 2.33. The third kappa shape index (κ3) is 5.30. The molecule has 0 spiro atoms. The van der Waals surface area contributed by atoms with E-state index in [4.69, 9.17) is 25.8 Å². The fraction of sp³-hybridized carbons (Fsp3) is 0.0909. The van der Waals surface area contributed by atoms with Crippen molar-refractivity contribution in [3.63, 3.8) is 0 Å². The van der Waals surface area contributed by atoms with Crippen LogP contribution in [0.3, 0.4) is 0 Å². The monoisotopic (exact) mass is 454 g/mol. The number of nitriles is 1. The van der Waals surface area contributed by atoms with Crippen molar-refractivity contribution in [2.45, 2.75) is 0 Å². The Balaban J connectivity index is 1.85. The van der Waals surface area contributed by atoms with Crippen molar-refractivity contribution in [2.75, 3.05) is 19.5 Å². The van der Waals surface area contributed by atoms with Crippen molar-refractivity contribution < 1.29 is 23.4 Å². The summed E-state index contributed by atoms with van der Waals surface area (Å²) < 4.78 is 29.8. The maximum atomic E-state index is 13.9. The van der Waals surface area contributed by atoms with Gasteiger partial charge >= 0.3 is 0 Å². The first-order valence-electron chi connectivity index (χ1n) is 9.05. The van der Waals surface area contributed by atoms with Gasteiger partial charge in [0.05, 0.1) is 26.1 Å². The molecule has 8 nitrogen and oxygen atoms in total.